The van der Waals surface area contributed by atoms with Gasteiger partial charge in [0.05, 0.1) is 12.5 Å². The van der Waals surface area contributed by atoms with Crippen LogP contribution in [0.3, 0.4) is 0 Å². The summed E-state index contributed by atoms with van der Waals surface area (Å²) in [7, 11) is 0. The van der Waals surface area contributed by atoms with Crippen LogP contribution in [-0.2, 0) is 19.1 Å². The van der Waals surface area contributed by atoms with Gasteiger partial charge in [-0.25, -0.2) is 0 Å². The van der Waals surface area contributed by atoms with Gasteiger partial charge < -0.3 is 19.7 Å². The van der Waals surface area contributed by atoms with E-state index in [4.69, 9.17) is 14.6 Å². The van der Waals surface area contributed by atoms with E-state index in [1.165, 1.54) is 0 Å². The molecule has 3 saturated heterocycles. The smallest absolute Gasteiger partial charge is 0.307 e. The SMILES string of the molecule is CC1CCCOC1(O)C(=O)C1OC1N1CCCC(C(=O)O)C1. The average molecular weight is 313 g/mol. The fourth-order valence-electron chi connectivity index (χ4n) is 3.49. The Morgan fingerprint density at radius 2 is 2.05 bits per heavy atom. The van der Waals surface area contributed by atoms with Crippen LogP contribution in [0.4, 0.5) is 0 Å². The molecule has 0 amide bonds. The van der Waals surface area contributed by atoms with E-state index >= 15 is 0 Å². The van der Waals surface area contributed by atoms with Crippen molar-refractivity contribution in [3.05, 3.63) is 0 Å². The number of aliphatic hydroxyl groups is 1. The summed E-state index contributed by atoms with van der Waals surface area (Å²) < 4.78 is 10.8. The number of piperidine rings is 1. The number of carboxylic acids is 1. The predicted molar refractivity (Wildman–Crippen MR) is 74.9 cm³/mol. The van der Waals surface area contributed by atoms with E-state index in [1.54, 1.807) is 6.92 Å². The zero-order chi connectivity index (χ0) is 15.9. The van der Waals surface area contributed by atoms with Crippen molar-refractivity contribution in [2.24, 2.45) is 11.8 Å². The van der Waals surface area contributed by atoms with Gasteiger partial charge in [-0.3, -0.25) is 14.5 Å². The highest BCUT2D eigenvalue weighted by Crippen LogP contribution is 2.38. The minimum absolute atomic E-state index is 0.258. The Bertz CT molecular complexity index is 469. The Balaban J connectivity index is 1.61. The largest absolute Gasteiger partial charge is 0.481 e. The number of ether oxygens (including phenoxy) is 2. The fraction of sp³-hybridized carbons (Fsp3) is 0.867. The summed E-state index contributed by atoms with van der Waals surface area (Å²) >= 11 is 0. The molecule has 7 heteroatoms. The second-order valence-corrected chi connectivity index (χ2v) is 6.57. The van der Waals surface area contributed by atoms with Crippen LogP contribution in [0.15, 0.2) is 0 Å². The zero-order valence-electron chi connectivity index (χ0n) is 12.7. The second kappa shape index (κ2) is 5.88. The number of rotatable bonds is 4. The lowest BCUT2D eigenvalue weighted by atomic mass is 9.88. The van der Waals surface area contributed by atoms with Crippen LogP contribution >= 0.6 is 0 Å². The summed E-state index contributed by atoms with van der Waals surface area (Å²) in [6.07, 6.45) is 1.87. The number of nitrogens with zero attached hydrogens (tertiary/aromatic N) is 1. The van der Waals surface area contributed by atoms with Crippen LogP contribution in [0, 0.1) is 11.8 Å². The van der Waals surface area contributed by atoms with E-state index in [-0.39, 0.29) is 5.92 Å². The van der Waals surface area contributed by atoms with Crippen molar-refractivity contribution in [1.29, 1.82) is 0 Å². The zero-order valence-corrected chi connectivity index (χ0v) is 12.7. The van der Waals surface area contributed by atoms with Gasteiger partial charge >= 0.3 is 5.97 Å². The minimum Gasteiger partial charge on any atom is -0.481 e. The Morgan fingerprint density at radius 1 is 1.27 bits per heavy atom. The molecule has 124 valence electrons. The van der Waals surface area contributed by atoms with Gasteiger partial charge in [0.25, 0.3) is 0 Å². The summed E-state index contributed by atoms with van der Waals surface area (Å²) in [6.45, 7) is 3.27. The normalized spacial score (nSPS) is 42.8. The number of hydrogen-bond acceptors (Lipinski definition) is 6. The molecule has 7 nitrogen and oxygen atoms in total. The van der Waals surface area contributed by atoms with Gasteiger partial charge in [0.15, 0.2) is 6.10 Å². The van der Waals surface area contributed by atoms with Crippen molar-refractivity contribution in [3.8, 4) is 0 Å². The molecule has 0 aliphatic carbocycles. The molecule has 0 spiro atoms. The predicted octanol–water partition coefficient (Wildman–Crippen LogP) is 0.212. The molecule has 22 heavy (non-hydrogen) atoms. The summed E-state index contributed by atoms with van der Waals surface area (Å²) in [5.74, 6) is -3.67. The topological polar surface area (TPSA) is 99.6 Å². The second-order valence-electron chi connectivity index (χ2n) is 6.57. The lowest BCUT2D eigenvalue weighted by molar-refractivity contribution is -0.241. The molecule has 0 aromatic heterocycles. The lowest BCUT2D eigenvalue weighted by Crippen LogP contribution is -2.53. The third kappa shape index (κ3) is 2.78. The standard InChI is InChI=1S/C15H23NO6/c1-9-4-3-7-21-15(9,20)12(17)11-13(22-11)16-6-2-5-10(8-16)14(18)19/h9-11,13,20H,2-8H2,1H3,(H,18,19). The molecule has 5 atom stereocenters. The number of likely N-dealkylation sites (tertiary alicyclic amines) is 1. The van der Waals surface area contributed by atoms with Gasteiger partial charge in [-0.15, -0.1) is 0 Å². The average Bonchev–Trinajstić information content (AvgIpc) is 3.30. The number of Topliss-reactive ketones (excluding diaryl/α,β-unsaturated/α-hetero) is 1. The summed E-state index contributed by atoms with van der Waals surface area (Å²) in [6, 6.07) is 0. The van der Waals surface area contributed by atoms with Gasteiger partial charge in [-0.2, -0.15) is 0 Å². The highest BCUT2D eigenvalue weighted by Gasteiger charge is 2.58. The third-order valence-corrected chi connectivity index (χ3v) is 5.01. The van der Waals surface area contributed by atoms with Crippen molar-refractivity contribution in [2.75, 3.05) is 19.7 Å². The molecule has 0 saturated carbocycles. The molecule has 0 aromatic rings. The Morgan fingerprint density at radius 3 is 2.73 bits per heavy atom. The van der Waals surface area contributed by atoms with Crippen LogP contribution in [0.25, 0.3) is 0 Å². The quantitative estimate of drug-likeness (QED) is 0.716. The highest BCUT2D eigenvalue weighted by molar-refractivity contribution is 5.92. The molecule has 3 rings (SSSR count). The fourth-order valence-corrected chi connectivity index (χ4v) is 3.49. The van der Waals surface area contributed by atoms with Crippen LogP contribution in [-0.4, -0.2) is 64.7 Å². The van der Waals surface area contributed by atoms with Crippen molar-refractivity contribution in [2.45, 2.75) is 50.7 Å². The van der Waals surface area contributed by atoms with Crippen LogP contribution < -0.4 is 0 Å². The number of aliphatic carboxylic acids is 1. The molecule has 3 fully saturated rings. The first-order valence-corrected chi connectivity index (χ1v) is 7.96. The molecule has 2 N–H and O–H groups in total. The van der Waals surface area contributed by atoms with Crippen LogP contribution in [0.2, 0.25) is 0 Å². The van der Waals surface area contributed by atoms with Crippen molar-refractivity contribution in [3.63, 3.8) is 0 Å². The molecular weight excluding hydrogens is 290 g/mol. The summed E-state index contributed by atoms with van der Waals surface area (Å²) in [5.41, 5.74) is 0. The van der Waals surface area contributed by atoms with E-state index in [0.717, 1.165) is 19.3 Å². The summed E-state index contributed by atoms with van der Waals surface area (Å²) in [5, 5.41) is 19.6. The third-order valence-electron chi connectivity index (χ3n) is 5.01. The number of carbonyl (C=O) groups excluding carboxylic acids is 1. The van der Waals surface area contributed by atoms with E-state index in [2.05, 4.69) is 0 Å². The van der Waals surface area contributed by atoms with Crippen molar-refractivity contribution < 1.29 is 29.3 Å². The van der Waals surface area contributed by atoms with Gasteiger partial charge in [0, 0.05) is 19.0 Å². The van der Waals surface area contributed by atoms with Crippen molar-refractivity contribution >= 4 is 11.8 Å². The van der Waals surface area contributed by atoms with Gasteiger partial charge in [0.1, 0.15) is 6.23 Å². The van der Waals surface area contributed by atoms with E-state index < -0.39 is 35.8 Å². The Kier molecular flexibility index (Phi) is 4.24. The van der Waals surface area contributed by atoms with Crippen LogP contribution in [0.5, 0.6) is 0 Å². The maximum absolute atomic E-state index is 12.5. The Labute approximate surface area is 129 Å². The van der Waals surface area contributed by atoms with E-state index in [9.17, 15) is 14.7 Å². The molecule has 3 aliphatic rings. The lowest BCUT2D eigenvalue weighted by Gasteiger charge is -2.36. The first kappa shape index (κ1) is 15.9. The van der Waals surface area contributed by atoms with Crippen molar-refractivity contribution in [1.82, 2.24) is 4.90 Å². The minimum atomic E-state index is -1.76. The number of carbonyl (C=O) groups is 2. The highest BCUT2D eigenvalue weighted by atomic mass is 16.7. The first-order valence-electron chi connectivity index (χ1n) is 7.96. The molecule has 0 radical (unpaired) electrons. The molecular formula is C15H23NO6. The summed E-state index contributed by atoms with van der Waals surface area (Å²) in [4.78, 5) is 25.5. The Hall–Kier alpha value is -1.02. The maximum Gasteiger partial charge on any atom is 0.307 e. The van der Waals surface area contributed by atoms with E-state index in [1.807, 2.05) is 4.90 Å². The number of epoxide rings is 1. The van der Waals surface area contributed by atoms with E-state index in [0.29, 0.717) is 26.1 Å². The molecule has 5 unspecified atom stereocenters. The maximum atomic E-state index is 12.5. The first-order chi connectivity index (χ1) is 10.4. The van der Waals surface area contributed by atoms with Gasteiger partial charge in [-0.1, -0.05) is 6.92 Å². The number of hydrogen-bond donors (Lipinski definition) is 2. The van der Waals surface area contributed by atoms with Gasteiger partial charge in [-0.05, 0) is 25.7 Å². The molecule has 0 bridgehead atoms. The van der Waals surface area contributed by atoms with Crippen LogP contribution in [0.1, 0.15) is 32.6 Å². The monoisotopic (exact) mass is 313 g/mol. The van der Waals surface area contributed by atoms with Gasteiger partial charge in [0.2, 0.25) is 11.6 Å². The molecule has 3 aliphatic heterocycles. The number of ketones is 1. The molecule has 3 heterocycles. The number of carboxylic acid groups (broad SMARTS) is 1. The molecule has 0 aromatic carbocycles.